The summed E-state index contributed by atoms with van der Waals surface area (Å²) < 4.78 is 1.60. The molecule has 0 fully saturated rings. The van der Waals surface area contributed by atoms with Crippen molar-refractivity contribution in [2.45, 2.75) is 13.5 Å². The van der Waals surface area contributed by atoms with E-state index < -0.39 is 0 Å². The Morgan fingerprint density at radius 3 is 3.00 bits per heavy atom. The lowest BCUT2D eigenvalue weighted by molar-refractivity contribution is 0.112. The van der Waals surface area contributed by atoms with Gasteiger partial charge in [-0.3, -0.25) is 9.48 Å². The molecule has 0 aromatic carbocycles. The van der Waals surface area contributed by atoms with Crippen LogP contribution in [0, 0.1) is 6.92 Å². The van der Waals surface area contributed by atoms with Gasteiger partial charge in [-0.05, 0) is 6.92 Å². The number of hydrogen-bond acceptors (Lipinski definition) is 3. The third-order valence-electron chi connectivity index (χ3n) is 1.58. The van der Waals surface area contributed by atoms with E-state index in [1.165, 1.54) is 6.20 Å². The van der Waals surface area contributed by atoms with E-state index in [1.54, 1.807) is 11.6 Å². The zero-order valence-electron chi connectivity index (χ0n) is 6.32. The van der Waals surface area contributed by atoms with Crippen LogP contribution in [0.1, 0.15) is 16.1 Å². The predicted octanol–water partition coefficient (Wildman–Crippen LogP) is -0.00368. The van der Waals surface area contributed by atoms with Gasteiger partial charge in [0, 0.05) is 5.69 Å². The lowest BCUT2D eigenvalue weighted by Crippen LogP contribution is -2.05. The summed E-state index contributed by atoms with van der Waals surface area (Å²) in [4.78, 5) is 10.3. The molecule has 0 bridgehead atoms. The van der Waals surface area contributed by atoms with Gasteiger partial charge >= 0.3 is 0 Å². The van der Waals surface area contributed by atoms with E-state index in [0.29, 0.717) is 12.1 Å². The fourth-order valence-electron chi connectivity index (χ4n) is 0.897. The monoisotopic (exact) mass is 154 g/mol. The maximum absolute atomic E-state index is 10.3. The summed E-state index contributed by atoms with van der Waals surface area (Å²) in [6.45, 7) is 2.28. The molecule has 0 saturated heterocycles. The van der Waals surface area contributed by atoms with Gasteiger partial charge in [-0.2, -0.15) is 5.10 Å². The first-order valence-electron chi connectivity index (χ1n) is 3.38. The molecule has 1 heterocycles. The van der Waals surface area contributed by atoms with Crippen molar-refractivity contribution in [2.75, 3.05) is 6.61 Å². The lowest BCUT2D eigenvalue weighted by Gasteiger charge is -1.99. The third kappa shape index (κ3) is 1.46. The molecule has 0 amide bonds. The van der Waals surface area contributed by atoms with Crippen molar-refractivity contribution in [1.82, 2.24) is 9.78 Å². The minimum absolute atomic E-state index is 0.0425. The second kappa shape index (κ2) is 3.30. The summed E-state index contributed by atoms with van der Waals surface area (Å²) in [5.41, 5.74) is 1.38. The van der Waals surface area contributed by atoms with E-state index >= 15 is 0 Å². The highest BCUT2D eigenvalue weighted by Crippen LogP contribution is 2.02. The summed E-state index contributed by atoms with van der Waals surface area (Å²) in [7, 11) is 0. The molecule has 0 saturated carbocycles. The Kier molecular flexibility index (Phi) is 2.38. The number of nitrogens with zero attached hydrogens (tertiary/aromatic N) is 2. The molecule has 4 nitrogen and oxygen atoms in total. The molecule has 1 aromatic rings. The van der Waals surface area contributed by atoms with E-state index in [1.807, 2.05) is 0 Å². The van der Waals surface area contributed by atoms with Gasteiger partial charge in [0.05, 0.1) is 24.9 Å². The molecule has 1 aromatic heterocycles. The SMILES string of the molecule is Cc1c(C=O)cnn1CCO. The molecule has 1 rings (SSSR count). The van der Waals surface area contributed by atoms with Gasteiger partial charge in [0.2, 0.25) is 0 Å². The Morgan fingerprint density at radius 1 is 1.82 bits per heavy atom. The molecule has 0 spiro atoms. The van der Waals surface area contributed by atoms with E-state index in [4.69, 9.17) is 5.11 Å². The normalized spacial score (nSPS) is 10.0. The van der Waals surface area contributed by atoms with Crippen LogP contribution in [0.15, 0.2) is 6.20 Å². The van der Waals surface area contributed by atoms with Crippen LogP contribution in [0.3, 0.4) is 0 Å². The predicted molar refractivity (Wildman–Crippen MR) is 39.4 cm³/mol. The Morgan fingerprint density at radius 2 is 2.55 bits per heavy atom. The Bertz CT molecular complexity index is 255. The highest BCUT2D eigenvalue weighted by Gasteiger charge is 2.02. The average Bonchev–Trinajstić information content (AvgIpc) is 2.34. The smallest absolute Gasteiger partial charge is 0.153 e. The first-order valence-corrected chi connectivity index (χ1v) is 3.38. The van der Waals surface area contributed by atoms with Gasteiger partial charge in [-0.1, -0.05) is 0 Å². The van der Waals surface area contributed by atoms with Crippen LogP contribution in [0.4, 0.5) is 0 Å². The highest BCUT2D eigenvalue weighted by atomic mass is 16.3. The minimum Gasteiger partial charge on any atom is -0.394 e. The zero-order chi connectivity index (χ0) is 8.27. The first-order chi connectivity index (χ1) is 5.29. The van der Waals surface area contributed by atoms with Crippen molar-refractivity contribution in [1.29, 1.82) is 0 Å². The number of aliphatic hydroxyl groups excluding tert-OH is 1. The zero-order valence-corrected chi connectivity index (χ0v) is 6.32. The van der Waals surface area contributed by atoms with Gasteiger partial charge in [0.1, 0.15) is 0 Å². The van der Waals surface area contributed by atoms with Crippen molar-refractivity contribution in [3.63, 3.8) is 0 Å². The molecule has 0 aliphatic heterocycles. The molecule has 60 valence electrons. The maximum Gasteiger partial charge on any atom is 0.153 e. The van der Waals surface area contributed by atoms with Crippen LogP contribution >= 0.6 is 0 Å². The van der Waals surface area contributed by atoms with Crippen LogP contribution in [-0.4, -0.2) is 27.8 Å². The number of aldehydes is 1. The maximum atomic E-state index is 10.3. The van der Waals surface area contributed by atoms with Gasteiger partial charge in [0.25, 0.3) is 0 Å². The molecule has 0 radical (unpaired) electrons. The van der Waals surface area contributed by atoms with Gasteiger partial charge in [-0.15, -0.1) is 0 Å². The van der Waals surface area contributed by atoms with Crippen LogP contribution < -0.4 is 0 Å². The lowest BCUT2D eigenvalue weighted by atomic mass is 10.3. The summed E-state index contributed by atoms with van der Waals surface area (Å²) >= 11 is 0. The van der Waals surface area contributed by atoms with Crippen molar-refractivity contribution >= 4 is 6.29 Å². The number of carbonyl (C=O) groups is 1. The Balaban J connectivity index is 2.90. The standard InChI is InChI=1S/C7H10N2O2/c1-6-7(5-11)4-8-9(6)2-3-10/h4-5,10H,2-3H2,1H3. The van der Waals surface area contributed by atoms with Crippen molar-refractivity contribution in [2.24, 2.45) is 0 Å². The van der Waals surface area contributed by atoms with E-state index in [0.717, 1.165) is 12.0 Å². The second-order valence-corrected chi connectivity index (χ2v) is 2.25. The molecule has 0 atom stereocenters. The topological polar surface area (TPSA) is 55.1 Å². The molecule has 0 aliphatic rings. The quantitative estimate of drug-likeness (QED) is 0.623. The number of carbonyl (C=O) groups excluding carboxylic acids is 1. The molecule has 4 heteroatoms. The van der Waals surface area contributed by atoms with Crippen molar-refractivity contribution in [3.8, 4) is 0 Å². The number of aromatic nitrogens is 2. The largest absolute Gasteiger partial charge is 0.394 e. The molecule has 0 aliphatic carbocycles. The fourth-order valence-corrected chi connectivity index (χ4v) is 0.897. The summed E-state index contributed by atoms with van der Waals surface area (Å²) in [5, 5.41) is 12.5. The molecular weight excluding hydrogens is 144 g/mol. The van der Waals surface area contributed by atoms with Crippen LogP contribution in [0.2, 0.25) is 0 Å². The molecular formula is C7H10N2O2. The molecule has 0 unspecified atom stereocenters. The Hall–Kier alpha value is -1.16. The Labute approximate surface area is 64.5 Å². The highest BCUT2D eigenvalue weighted by molar-refractivity contribution is 5.75. The van der Waals surface area contributed by atoms with Gasteiger partial charge < -0.3 is 5.11 Å². The van der Waals surface area contributed by atoms with Crippen LogP contribution in [0.25, 0.3) is 0 Å². The third-order valence-corrected chi connectivity index (χ3v) is 1.58. The summed E-state index contributed by atoms with van der Waals surface area (Å²) in [6.07, 6.45) is 2.26. The summed E-state index contributed by atoms with van der Waals surface area (Å²) in [5.74, 6) is 0. The van der Waals surface area contributed by atoms with E-state index in [-0.39, 0.29) is 6.61 Å². The summed E-state index contributed by atoms with van der Waals surface area (Å²) in [6, 6.07) is 0. The molecule has 1 N–H and O–H groups in total. The second-order valence-electron chi connectivity index (χ2n) is 2.25. The van der Waals surface area contributed by atoms with Gasteiger partial charge in [0.15, 0.2) is 6.29 Å². The van der Waals surface area contributed by atoms with Crippen molar-refractivity contribution in [3.05, 3.63) is 17.5 Å². The number of hydrogen-bond donors (Lipinski definition) is 1. The minimum atomic E-state index is 0.0425. The van der Waals surface area contributed by atoms with Crippen LogP contribution in [0.5, 0.6) is 0 Å². The fraction of sp³-hybridized carbons (Fsp3) is 0.429. The van der Waals surface area contributed by atoms with Crippen molar-refractivity contribution < 1.29 is 9.90 Å². The van der Waals surface area contributed by atoms with E-state index in [9.17, 15) is 4.79 Å². The van der Waals surface area contributed by atoms with E-state index in [2.05, 4.69) is 5.10 Å². The van der Waals surface area contributed by atoms with Gasteiger partial charge in [-0.25, -0.2) is 0 Å². The first kappa shape index (κ1) is 7.94. The van der Waals surface area contributed by atoms with Crippen LogP contribution in [-0.2, 0) is 6.54 Å². The molecule has 11 heavy (non-hydrogen) atoms. The number of rotatable bonds is 3. The number of aliphatic hydroxyl groups is 1. The average molecular weight is 154 g/mol.